The zero-order valence-corrected chi connectivity index (χ0v) is 21.9. The number of hydrogen-bond donors (Lipinski definition) is 1. The number of nitrogens with zero attached hydrogens (tertiary/aromatic N) is 3. The first-order chi connectivity index (χ1) is 17.4. The predicted octanol–water partition coefficient (Wildman–Crippen LogP) is 6.19. The fourth-order valence-electron chi connectivity index (χ4n) is 4.71. The molecule has 3 heterocycles. The minimum atomic E-state index is -0.358. The van der Waals surface area contributed by atoms with Gasteiger partial charge in [0.25, 0.3) is 5.91 Å². The minimum Gasteiger partial charge on any atom is -0.459 e. The van der Waals surface area contributed by atoms with E-state index in [1.54, 1.807) is 10.7 Å². The summed E-state index contributed by atoms with van der Waals surface area (Å²) >= 11 is 1.49. The fourth-order valence-corrected chi connectivity index (χ4v) is 5.98. The number of benzene rings is 1. The van der Waals surface area contributed by atoms with Gasteiger partial charge in [0.1, 0.15) is 5.00 Å². The summed E-state index contributed by atoms with van der Waals surface area (Å²) in [5, 5.41) is 9.03. The highest BCUT2D eigenvalue weighted by Crippen LogP contribution is 2.39. The van der Waals surface area contributed by atoms with E-state index in [0.29, 0.717) is 38.5 Å². The summed E-state index contributed by atoms with van der Waals surface area (Å²) in [7, 11) is 0. The second-order valence-corrected chi connectivity index (χ2v) is 10.4. The van der Waals surface area contributed by atoms with E-state index in [2.05, 4.69) is 5.32 Å². The first-order valence-electron chi connectivity index (χ1n) is 12.5. The zero-order chi connectivity index (χ0) is 25.4. The van der Waals surface area contributed by atoms with Crippen LogP contribution in [0.4, 0.5) is 5.00 Å². The van der Waals surface area contributed by atoms with Crippen LogP contribution in [0, 0.1) is 13.8 Å². The summed E-state index contributed by atoms with van der Waals surface area (Å²) in [4.78, 5) is 32.8. The summed E-state index contributed by atoms with van der Waals surface area (Å²) in [6.07, 6.45) is 4.41. The van der Waals surface area contributed by atoms with Crippen molar-refractivity contribution < 1.29 is 14.3 Å². The van der Waals surface area contributed by atoms with Gasteiger partial charge in [0.15, 0.2) is 5.65 Å². The van der Waals surface area contributed by atoms with Gasteiger partial charge in [-0.15, -0.1) is 11.3 Å². The summed E-state index contributed by atoms with van der Waals surface area (Å²) in [5.74, 6) is -0.638. The first-order valence-corrected chi connectivity index (χ1v) is 13.3. The number of para-hydroxylation sites is 1. The van der Waals surface area contributed by atoms with Crippen LogP contribution in [0.1, 0.15) is 75.7 Å². The standard InChI is InChI=1S/C28H30N4O3S/c1-5-17(3)35-28(34)24-20-13-9-10-14-22(20)36-27(24)30-26(33)21-15-16(2)29-25-23(21)18(4)31-32(25)19-11-7-6-8-12-19/h6-8,11-12,15,17H,5,9-10,13-14H2,1-4H3,(H,30,33). The van der Waals surface area contributed by atoms with E-state index in [-0.39, 0.29) is 18.0 Å². The molecule has 1 amide bonds. The fraction of sp³-hybridized carbons (Fsp3) is 0.357. The number of amides is 1. The number of nitrogens with one attached hydrogen (secondary N) is 1. The smallest absolute Gasteiger partial charge is 0.341 e. The second-order valence-electron chi connectivity index (χ2n) is 9.34. The van der Waals surface area contributed by atoms with Gasteiger partial charge in [-0.05, 0) is 76.6 Å². The molecule has 0 radical (unpaired) electrons. The molecule has 0 saturated carbocycles. The molecule has 1 N–H and O–H groups in total. The lowest BCUT2D eigenvalue weighted by Gasteiger charge is -2.15. The Kier molecular flexibility index (Phi) is 6.62. The van der Waals surface area contributed by atoms with Gasteiger partial charge in [-0.2, -0.15) is 5.10 Å². The number of pyridine rings is 1. The van der Waals surface area contributed by atoms with E-state index >= 15 is 0 Å². The Morgan fingerprint density at radius 1 is 1.17 bits per heavy atom. The average molecular weight is 503 g/mol. The third kappa shape index (κ3) is 4.41. The zero-order valence-electron chi connectivity index (χ0n) is 21.1. The quantitative estimate of drug-likeness (QED) is 0.318. The molecule has 1 unspecified atom stereocenters. The molecular weight excluding hydrogens is 472 g/mol. The Labute approximate surface area is 214 Å². The molecule has 0 bridgehead atoms. The van der Waals surface area contributed by atoms with Crippen LogP contribution in [0.3, 0.4) is 0 Å². The van der Waals surface area contributed by atoms with Crippen LogP contribution in [-0.4, -0.2) is 32.7 Å². The van der Waals surface area contributed by atoms with Crippen LogP contribution in [0.15, 0.2) is 36.4 Å². The number of esters is 1. The maximum Gasteiger partial charge on any atom is 0.341 e. The third-order valence-corrected chi connectivity index (χ3v) is 7.88. The molecule has 0 saturated heterocycles. The van der Waals surface area contributed by atoms with Crippen molar-refractivity contribution in [1.82, 2.24) is 14.8 Å². The number of ether oxygens (including phenoxy) is 1. The normalized spacial score (nSPS) is 13.9. The molecule has 1 aliphatic carbocycles. The number of thiophene rings is 1. The van der Waals surface area contributed by atoms with Gasteiger partial charge >= 0.3 is 5.97 Å². The monoisotopic (exact) mass is 502 g/mol. The predicted molar refractivity (Wildman–Crippen MR) is 142 cm³/mol. The topological polar surface area (TPSA) is 86.1 Å². The van der Waals surface area contributed by atoms with E-state index in [9.17, 15) is 9.59 Å². The van der Waals surface area contributed by atoms with Crippen molar-refractivity contribution in [2.45, 2.75) is 65.9 Å². The molecule has 1 atom stereocenters. The molecule has 186 valence electrons. The SMILES string of the molecule is CCC(C)OC(=O)c1c(NC(=O)c2cc(C)nc3c2c(C)nn3-c2ccccc2)sc2c1CCCC2. The molecule has 7 nitrogen and oxygen atoms in total. The Balaban J connectivity index is 1.56. The summed E-state index contributed by atoms with van der Waals surface area (Å²) in [6, 6.07) is 11.5. The summed E-state index contributed by atoms with van der Waals surface area (Å²) in [6.45, 7) is 7.62. The maximum absolute atomic E-state index is 13.7. The van der Waals surface area contributed by atoms with Crippen molar-refractivity contribution in [3.63, 3.8) is 0 Å². The molecule has 0 spiro atoms. The number of carbonyl (C=O) groups excluding carboxylic acids is 2. The largest absolute Gasteiger partial charge is 0.459 e. The Hall–Kier alpha value is -3.52. The molecule has 1 aliphatic rings. The highest BCUT2D eigenvalue weighted by atomic mass is 32.1. The molecule has 0 fully saturated rings. The Morgan fingerprint density at radius 3 is 2.67 bits per heavy atom. The number of aromatic nitrogens is 3. The molecule has 36 heavy (non-hydrogen) atoms. The van der Waals surface area contributed by atoms with E-state index < -0.39 is 0 Å². The lowest BCUT2D eigenvalue weighted by molar-refractivity contribution is 0.0335. The minimum absolute atomic E-state index is 0.186. The lowest BCUT2D eigenvalue weighted by atomic mass is 9.95. The van der Waals surface area contributed by atoms with Gasteiger partial charge in [-0.1, -0.05) is 25.1 Å². The van der Waals surface area contributed by atoms with Crippen molar-refractivity contribution in [2.24, 2.45) is 0 Å². The van der Waals surface area contributed by atoms with Crippen LogP contribution in [0.5, 0.6) is 0 Å². The van der Waals surface area contributed by atoms with Crippen LogP contribution < -0.4 is 5.32 Å². The van der Waals surface area contributed by atoms with Crippen molar-refractivity contribution in [3.8, 4) is 5.69 Å². The van der Waals surface area contributed by atoms with Crippen molar-refractivity contribution in [3.05, 3.63) is 69.4 Å². The molecule has 1 aromatic carbocycles. The number of fused-ring (bicyclic) bond motifs is 2. The average Bonchev–Trinajstić information content (AvgIpc) is 3.40. The lowest BCUT2D eigenvalue weighted by Crippen LogP contribution is -2.19. The third-order valence-electron chi connectivity index (χ3n) is 6.67. The van der Waals surface area contributed by atoms with Crippen LogP contribution in [-0.2, 0) is 17.6 Å². The molecule has 5 rings (SSSR count). The van der Waals surface area contributed by atoms with Crippen molar-refractivity contribution in [1.29, 1.82) is 0 Å². The van der Waals surface area contributed by atoms with Gasteiger partial charge in [0.05, 0.1) is 34.0 Å². The van der Waals surface area contributed by atoms with Crippen LogP contribution in [0.2, 0.25) is 0 Å². The maximum atomic E-state index is 13.7. The molecule has 4 aromatic rings. The first kappa shape index (κ1) is 24.2. The number of rotatable bonds is 6. The van der Waals surface area contributed by atoms with Gasteiger partial charge in [0.2, 0.25) is 0 Å². The van der Waals surface area contributed by atoms with Gasteiger partial charge < -0.3 is 10.1 Å². The van der Waals surface area contributed by atoms with E-state index in [0.717, 1.165) is 48.2 Å². The molecular formula is C28H30N4O3S. The molecule has 3 aromatic heterocycles. The number of carbonyl (C=O) groups is 2. The Bertz CT molecular complexity index is 1450. The second kappa shape index (κ2) is 9.85. The highest BCUT2D eigenvalue weighted by molar-refractivity contribution is 7.17. The molecule has 0 aliphatic heterocycles. The summed E-state index contributed by atoms with van der Waals surface area (Å²) < 4.78 is 7.46. The van der Waals surface area contributed by atoms with E-state index in [4.69, 9.17) is 14.8 Å². The highest BCUT2D eigenvalue weighted by Gasteiger charge is 2.29. The van der Waals surface area contributed by atoms with Crippen molar-refractivity contribution in [2.75, 3.05) is 5.32 Å². The number of hydrogen-bond acceptors (Lipinski definition) is 6. The van der Waals surface area contributed by atoms with Gasteiger partial charge in [-0.25, -0.2) is 14.5 Å². The Morgan fingerprint density at radius 2 is 1.92 bits per heavy atom. The van der Waals surface area contributed by atoms with E-state index in [1.807, 2.05) is 58.0 Å². The van der Waals surface area contributed by atoms with Gasteiger partial charge in [-0.3, -0.25) is 4.79 Å². The van der Waals surface area contributed by atoms with Crippen LogP contribution >= 0.6 is 11.3 Å². The van der Waals surface area contributed by atoms with Gasteiger partial charge in [0, 0.05) is 10.6 Å². The van der Waals surface area contributed by atoms with Crippen LogP contribution in [0.25, 0.3) is 16.7 Å². The van der Waals surface area contributed by atoms with E-state index in [1.165, 1.54) is 11.3 Å². The number of aryl methyl sites for hydroxylation is 3. The summed E-state index contributed by atoms with van der Waals surface area (Å²) in [5.41, 5.74) is 4.97. The van der Waals surface area contributed by atoms with Crippen molar-refractivity contribution >= 4 is 39.2 Å². The molecule has 8 heteroatoms. The number of anilines is 1.